The number of ether oxygens (including phenoxy) is 1. The van der Waals surface area contributed by atoms with Crippen molar-refractivity contribution in [2.75, 3.05) is 60.3 Å². The molecule has 0 bridgehead atoms. The average Bonchev–Trinajstić information content (AvgIpc) is 3.63. The highest BCUT2D eigenvalue weighted by Gasteiger charge is 2.39. The fourth-order valence-electron chi connectivity index (χ4n) is 5.46. The molecular weight excluding hydrogens is 562 g/mol. The van der Waals surface area contributed by atoms with Crippen molar-refractivity contribution in [3.8, 4) is 0 Å². The highest BCUT2D eigenvalue weighted by Crippen LogP contribution is 2.39. The van der Waals surface area contributed by atoms with E-state index in [2.05, 4.69) is 47.2 Å². The second-order valence-corrected chi connectivity index (χ2v) is 10.9. The van der Waals surface area contributed by atoms with Gasteiger partial charge in [0.15, 0.2) is 11.6 Å². The molecule has 1 aliphatic carbocycles. The predicted octanol–water partition coefficient (Wildman–Crippen LogP) is 1.90. The number of H-pyrrole nitrogens is 1. The summed E-state index contributed by atoms with van der Waals surface area (Å²) in [7, 11) is 1.64. The SMILES string of the molecule is C=C/C=C(\C=C/N)N1CCN(c2nc(Nc3cc(C4CC4)[nH]n3)nc(N3C[C@@H](OC)C[C@H]3C(=O)Nc3cnccn3)n2)CC1. The first-order valence-electron chi connectivity index (χ1n) is 14.7. The van der Waals surface area contributed by atoms with E-state index < -0.39 is 6.04 Å². The van der Waals surface area contributed by atoms with Crippen LogP contribution in [0.15, 0.2) is 61.4 Å². The highest BCUT2D eigenvalue weighted by atomic mass is 16.5. The molecule has 0 radical (unpaired) electrons. The molecule has 3 fully saturated rings. The number of piperazine rings is 1. The Kier molecular flexibility index (Phi) is 8.63. The van der Waals surface area contributed by atoms with E-state index in [0.717, 1.165) is 37.3 Å². The number of aromatic nitrogens is 7. The van der Waals surface area contributed by atoms with Gasteiger partial charge in [-0.05, 0) is 31.2 Å². The molecule has 0 unspecified atom stereocenters. The number of hydrogen-bond donors (Lipinski definition) is 4. The second-order valence-electron chi connectivity index (χ2n) is 10.9. The number of allylic oxidation sites excluding steroid dienone is 3. The lowest BCUT2D eigenvalue weighted by Crippen LogP contribution is -2.46. The zero-order valence-electron chi connectivity index (χ0n) is 24.6. The Hall–Kier alpha value is -5.05. The molecule has 1 saturated carbocycles. The standard InChI is InChI=1S/C29H37N13O2/c1-3-4-20(7-8-30)40-11-13-41(14-12-40)28-35-27(34-24-16-22(38-39-24)19-5-6-19)36-29(37-28)42-18-21(44-2)15-23(42)26(43)33-25-17-31-9-10-32-25/h3-4,7-10,16-17,19,21,23H,1,5-6,11-15,18,30H2,2H3,(H,32,33,43)(H2,34,35,36,37,38,39)/b8-7-,20-4+/t21-,23-/m0/s1. The molecule has 3 aromatic heterocycles. The van der Waals surface area contributed by atoms with Gasteiger partial charge in [0.1, 0.15) is 6.04 Å². The quantitative estimate of drug-likeness (QED) is 0.235. The summed E-state index contributed by atoms with van der Waals surface area (Å²) in [5.74, 6) is 2.49. The summed E-state index contributed by atoms with van der Waals surface area (Å²) in [4.78, 5) is 42.4. The molecule has 3 aliphatic rings. The van der Waals surface area contributed by atoms with Gasteiger partial charge in [-0.2, -0.15) is 20.1 Å². The van der Waals surface area contributed by atoms with Gasteiger partial charge in [0.2, 0.25) is 23.8 Å². The summed E-state index contributed by atoms with van der Waals surface area (Å²) in [6.07, 6.45) is 14.3. The van der Waals surface area contributed by atoms with Crippen LogP contribution in [0.3, 0.4) is 0 Å². The zero-order chi connectivity index (χ0) is 30.5. The highest BCUT2D eigenvalue weighted by molar-refractivity contribution is 5.96. The van der Waals surface area contributed by atoms with E-state index >= 15 is 0 Å². The second kappa shape index (κ2) is 13.1. The maximum Gasteiger partial charge on any atom is 0.248 e. The van der Waals surface area contributed by atoms with Crippen molar-refractivity contribution in [2.24, 2.45) is 5.73 Å². The number of nitrogens with zero attached hydrogens (tertiary/aromatic N) is 9. The number of methoxy groups -OCH3 is 1. The fourth-order valence-corrected chi connectivity index (χ4v) is 5.46. The molecule has 5 heterocycles. The summed E-state index contributed by atoms with van der Waals surface area (Å²) in [6.45, 7) is 7.05. The molecule has 6 rings (SSSR count). The van der Waals surface area contributed by atoms with Gasteiger partial charge in [-0.1, -0.05) is 12.7 Å². The summed E-state index contributed by atoms with van der Waals surface area (Å²) in [5, 5.41) is 13.7. The molecule has 0 spiro atoms. The van der Waals surface area contributed by atoms with Gasteiger partial charge in [0, 0.05) is 82.0 Å². The zero-order valence-corrected chi connectivity index (χ0v) is 24.6. The Labute approximate surface area is 255 Å². The molecule has 2 saturated heterocycles. The van der Waals surface area contributed by atoms with Crippen LogP contribution < -0.4 is 26.2 Å². The van der Waals surface area contributed by atoms with Crippen molar-refractivity contribution in [3.63, 3.8) is 0 Å². The number of amides is 1. The molecule has 0 aromatic carbocycles. The first-order chi connectivity index (χ1) is 21.5. The Balaban J connectivity index is 1.28. The van der Waals surface area contributed by atoms with Crippen LogP contribution >= 0.6 is 0 Å². The smallest absolute Gasteiger partial charge is 0.248 e. The lowest BCUT2D eigenvalue weighted by molar-refractivity contribution is -0.117. The minimum absolute atomic E-state index is 0.189. The van der Waals surface area contributed by atoms with Gasteiger partial charge < -0.3 is 35.8 Å². The largest absolute Gasteiger partial charge is 0.405 e. The maximum atomic E-state index is 13.5. The van der Waals surface area contributed by atoms with E-state index in [-0.39, 0.29) is 12.0 Å². The summed E-state index contributed by atoms with van der Waals surface area (Å²) >= 11 is 0. The summed E-state index contributed by atoms with van der Waals surface area (Å²) < 4.78 is 5.68. The minimum Gasteiger partial charge on any atom is -0.405 e. The first-order valence-corrected chi connectivity index (χ1v) is 14.7. The Bertz CT molecular complexity index is 1510. The number of rotatable bonds is 11. The van der Waals surface area contributed by atoms with Crippen molar-refractivity contribution in [2.45, 2.75) is 37.3 Å². The van der Waals surface area contributed by atoms with Crippen molar-refractivity contribution in [1.29, 1.82) is 0 Å². The third-order valence-electron chi connectivity index (χ3n) is 7.92. The lowest BCUT2D eigenvalue weighted by Gasteiger charge is -2.37. The molecule has 1 amide bonds. The Morgan fingerprint density at radius 2 is 1.95 bits per heavy atom. The van der Waals surface area contributed by atoms with Crippen LogP contribution in [0.2, 0.25) is 0 Å². The molecule has 3 aromatic rings. The maximum absolute atomic E-state index is 13.5. The topological polar surface area (TPSA) is 179 Å². The van der Waals surface area contributed by atoms with Crippen LogP contribution in [-0.4, -0.2) is 97.9 Å². The normalized spacial score (nSPS) is 20.8. The van der Waals surface area contributed by atoms with Crippen LogP contribution in [0.5, 0.6) is 0 Å². The number of anilines is 5. The van der Waals surface area contributed by atoms with E-state index in [9.17, 15) is 4.79 Å². The predicted molar refractivity (Wildman–Crippen MR) is 166 cm³/mol. The number of nitrogens with two attached hydrogens (primary N) is 1. The van der Waals surface area contributed by atoms with Gasteiger partial charge >= 0.3 is 0 Å². The molecule has 5 N–H and O–H groups in total. The first kappa shape index (κ1) is 29.0. The molecule has 15 heteroatoms. The third-order valence-corrected chi connectivity index (χ3v) is 7.92. The molecule has 230 valence electrons. The number of nitrogens with one attached hydrogen (secondary N) is 3. The Morgan fingerprint density at radius 1 is 1.14 bits per heavy atom. The van der Waals surface area contributed by atoms with Crippen molar-refractivity contribution < 1.29 is 9.53 Å². The fraction of sp³-hybridized carbons (Fsp3) is 0.414. The number of carbonyl (C=O) groups excluding carboxylic acids is 1. The molecule has 2 atom stereocenters. The van der Waals surface area contributed by atoms with Crippen LogP contribution in [-0.2, 0) is 9.53 Å². The van der Waals surface area contributed by atoms with E-state index in [1.807, 2.05) is 23.1 Å². The minimum atomic E-state index is -0.594. The summed E-state index contributed by atoms with van der Waals surface area (Å²) in [5.41, 5.74) is 7.76. The van der Waals surface area contributed by atoms with Crippen LogP contribution in [0, 0.1) is 0 Å². The van der Waals surface area contributed by atoms with E-state index in [4.69, 9.17) is 25.4 Å². The van der Waals surface area contributed by atoms with Crippen molar-refractivity contribution in [3.05, 3.63) is 67.1 Å². The van der Waals surface area contributed by atoms with E-state index in [0.29, 0.717) is 61.5 Å². The van der Waals surface area contributed by atoms with Gasteiger partial charge in [-0.25, -0.2) is 4.98 Å². The van der Waals surface area contributed by atoms with Crippen LogP contribution in [0.25, 0.3) is 0 Å². The van der Waals surface area contributed by atoms with Crippen molar-refractivity contribution in [1.82, 2.24) is 40.0 Å². The molecule has 2 aliphatic heterocycles. The van der Waals surface area contributed by atoms with Crippen LogP contribution in [0.1, 0.15) is 30.9 Å². The number of aromatic amines is 1. The Morgan fingerprint density at radius 3 is 2.66 bits per heavy atom. The van der Waals surface area contributed by atoms with Gasteiger partial charge in [-0.15, -0.1) is 0 Å². The third kappa shape index (κ3) is 6.62. The molecule has 44 heavy (non-hydrogen) atoms. The molecule has 15 nitrogen and oxygen atoms in total. The average molecular weight is 600 g/mol. The number of hydrogen-bond acceptors (Lipinski definition) is 13. The van der Waals surface area contributed by atoms with Crippen molar-refractivity contribution >= 4 is 35.4 Å². The van der Waals surface area contributed by atoms with Gasteiger partial charge in [0.25, 0.3) is 0 Å². The molecular formula is C29H37N13O2. The van der Waals surface area contributed by atoms with Gasteiger partial charge in [-0.3, -0.25) is 14.9 Å². The van der Waals surface area contributed by atoms with Gasteiger partial charge in [0.05, 0.1) is 12.3 Å². The monoisotopic (exact) mass is 599 g/mol. The van der Waals surface area contributed by atoms with Crippen LogP contribution in [0.4, 0.5) is 29.5 Å². The number of carbonyl (C=O) groups is 1. The lowest BCUT2D eigenvalue weighted by atomic mass is 10.2. The summed E-state index contributed by atoms with van der Waals surface area (Å²) in [6, 6.07) is 1.40. The van der Waals surface area contributed by atoms with E-state index in [1.165, 1.54) is 18.6 Å². The van der Waals surface area contributed by atoms with E-state index in [1.54, 1.807) is 19.4 Å².